The Hall–Kier alpha value is 1.71. The average molecular weight is 389 g/mol. The summed E-state index contributed by atoms with van der Waals surface area (Å²) < 4.78 is 4.83. The molecule has 58 valence electrons. The molecule has 0 saturated carbocycles. The van der Waals surface area contributed by atoms with E-state index in [4.69, 9.17) is 30.3 Å². The first-order chi connectivity index (χ1) is 4.15. The molecule has 0 aliphatic heterocycles. The predicted octanol–water partition coefficient (Wildman–Crippen LogP) is 2.73. The maximum atomic E-state index is 5.01. The third-order valence-electron chi connectivity index (χ3n) is 0.408. The third kappa shape index (κ3) is 41.9. The van der Waals surface area contributed by atoms with Crippen LogP contribution < -0.4 is 0 Å². The fourth-order valence-electron chi connectivity index (χ4n) is 0.204. The molecule has 0 rings (SSSR count). The molecule has 0 bridgehead atoms. The van der Waals surface area contributed by atoms with Gasteiger partial charge in [0.1, 0.15) is 0 Å². The second kappa shape index (κ2) is 12.4. The molecule has 0 radical (unpaired) electrons. The molecule has 0 spiro atoms. The van der Waals surface area contributed by atoms with Gasteiger partial charge in [0.15, 0.2) is 0 Å². The molecule has 5 heteroatoms. The van der Waals surface area contributed by atoms with E-state index >= 15 is 0 Å². The normalized spacial score (nSPS) is 8.67. The van der Waals surface area contributed by atoms with Gasteiger partial charge in [-0.3, -0.25) is 0 Å². The van der Waals surface area contributed by atoms with Crippen molar-refractivity contribution in [3.8, 4) is 0 Å². The van der Waals surface area contributed by atoms with Crippen molar-refractivity contribution in [3.63, 3.8) is 0 Å². The Kier molecular flexibility index (Phi) is 18.3. The molecule has 0 aliphatic carbocycles. The van der Waals surface area contributed by atoms with Gasteiger partial charge in [0.25, 0.3) is 0 Å². The monoisotopic (exact) mass is 388 g/mol. The van der Waals surface area contributed by atoms with E-state index in [0.29, 0.717) is 0 Å². The summed E-state index contributed by atoms with van der Waals surface area (Å²) in [7, 11) is 15.0. The van der Waals surface area contributed by atoms with Crippen LogP contribution in [0.25, 0.3) is 0 Å². The van der Waals surface area contributed by atoms with Crippen molar-refractivity contribution in [1.29, 1.82) is 0 Å². The molecule has 0 aromatic heterocycles. The molecule has 0 amide bonds. The molecule has 9 heavy (non-hydrogen) atoms. The van der Waals surface area contributed by atoms with Gasteiger partial charge in [-0.15, -0.1) is 0 Å². The van der Waals surface area contributed by atoms with E-state index in [0.717, 1.165) is 13.2 Å². The van der Waals surface area contributed by atoms with Gasteiger partial charge < -0.3 is 4.74 Å². The number of hydrogen-bond donors (Lipinski definition) is 0. The summed E-state index contributed by atoms with van der Waals surface area (Å²) in [6, 6.07) is 0. The van der Waals surface area contributed by atoms with E-state index in [2.05, 4.69) is 0 Å². The molecular formula is C4H10BiCl3O. The van der Waals surface area contributed by atoms with E-state index in [1.54, 1.807) is 0 Å². The Morgan fingerprint density at radius 3 is 1.33 bits per heavy atom. The van der Waals surface area contributed by atoms with Crippen molar-refractivity contribution in [2.24, 2.45) is 0 Å². The van der Waals surface area contributed by atoms with Crippen LogP contribution in [0.4, 0.5) is 0 Å². The van der Waals surface area contributed by atoms with E-state index in [1.807, 2.05) is 13.8 Å². The van der Waals surface area contributed by atoms with Crippen LogP contribution in [0.5, 0.6) is 0 Å². The number of ether oxygens (including phenoxy) is 1. The topological polar surface area (TPSA) is 9.23 Å². The van der Waals surface area contributed by atoms with Crippen LogP contribution in [0.15, 0.2) is 0 Å². The molecular weight excluding hydrogens is 379 g/mol. The summed E-state index contributed by atoms with van der Waals surface area (Å²) in [6.07, 6.45) is 0. The first kappa shape index (κ1) is 13.3. The molecule has 0 atom stereocenters. The quantitative estimate of drug-likeness (QED) is 0.660. The molecule has 0 aromatic carbocycles. The zero-order valence-corrected chi connectivity index (χ0v) is 11.1. The minimum absolute atomic E-state index is 0.844. The standard InChI is InChI=1S/C4H10O.Bi.3ClH/c1-3-5-4-2;;;;/h3-4H2,1-2H3;;3*1H/q;+3;;;/p-3. The second-order valence-electron chi connectivity index (χ2n) is 0.973. The third-order valence-corrected chi connectivity index (χ3v) is 0.408. The molecule has 0 fully saturated rings. The van der Waals surface area contributed by atoms with Crippen molar-refractivity contribution in [1.82, 2.24) is 0 Å². The van der Waals surface area contributed by atoms with Gasteiger partial charge in [-0.1, -0.05) is 0 Å². The summed E-state index contributed by atoms with van der Waals surface area (Å²) in [5.41, 5.74) is 0. The minimum atomic E-state index is -2.18. The Morgan fingerprint density at radius 1 is 1.11 bits per heavy atom. The maximum absolute atomic E-state index is 5.01. The molecule has 0 saturated heterocycles. The Bertz CT molecular complexity index is 40.0. The average Bonchev–Trinajstić information content (AvgIpc) is 1.66. The van der Waals surface area contributed by atoms with Crippen molar-refractivity contribution >= 4 is 43.7 Å². The van der Waals surface area contributed by atoms with Crippen LogP contribution in [0.3, 0.4) is 0 Å². The van der Waals surface area contributed by atoms with Crippen molar-refractivity contribution < 1.29 is 4.74 Å². The van der Waals surface area contributed by atoms with Crippen LogP contribution in [0.2, 0.25) is 0 Å². The van der Waals surface area contributed by atoms with Crippen LogP contribution in [-0.4, -0.2) is 31.4 Å². The van der Waals surface area contributed by atoms with E-state index in [9.17, 15) is 0 Å². The van der Waals surface area contributed by atoms with Gasteiger partial charge >= 0.3 is 43.7 Å². The van der Waals surface area contributed by atoms with Crippen molar-refractivity contribution in [2.75, 3.05) is 13.2 Å². The van der Waals surface area contributed by atoms with Gasteiger partial charge in [-0.2, -0.15) is 0 Å². The van der Waals surface area contributed by atoms with E-state index < -0.39 is 18.2 Å². The number of rotatable bonds is 2. The molecule has 0 heterocycles. The molecule has 1 nitrogen and oxygen atoms in total. The van der Waals surface area contributed by atoms with Gasteiger partial charge in [0, 0.05) is 13.2 Å². The first-order valence-electron chi connectivity index (χ1n) is 2.50. The van der Waals surface area contributed by atoms with Crippen LogP contribution in [0.1, 0.15) is 13.8 Å². The number of halogens is 3. The fraction of sp³-hybridized carbons (Fsp3) is 1.00. The Balaban J connectivity index is 0. The summed E-state index contributed by atoms with van der Waals surface area (Å²) >= 11 is -2.18. The van der Waals surface area contributed by atoms with Crippen molar-refractivity contribution in [3.05, 3.63) is 0 Å². The summed E-state index contributed by atoms with van der Waals surface area (Å²) in [6.45, 7) is 5.67. The van der Waals surface area contributed by atoms with Gasteiger partial charge in [-0.05, 0) is 13.8 Å². The molecule has 0 aliphatic rings. The summed E-state index contributed by atoms with van der Waals surface area (Å²) in [5, 5.41) is 0. The Morgan fingerprint density at radius 2 is 1.33 bits per heavy atom. The zero-order chi connectivity index (χ0) is 7.70. The predicted molar refractivity (Wildman–Crippen MR) is 45.5 cm³/mol. The van der Waals surface area contributed by atoms with Crippen LogP contribution in [0, 0.1) is 0 Å². The van der Waals surface area contributed by atoms with Crippen LogP contribution in [-0.2, 0) is 4.74 Å². The molecule has 0 N–H and O–H groups in total. The van der Waals surface area contributed by atoms with Gasteiger partial charge in [-0.25, -0.2) is 0 Å². The van der Waals surface area contributed by atoms with Crippen LogP contribution >= 0.6 is 25.5 Å². The van der Waals surface area contributed by atoms with Gasteiger partial charge in [0.2, 0.25) is 0 Å². The van der Waals surface area contributed by atoms with Crippen molar-refractivity contribution in [2.45, 2.75) is 13.8 Å². The first-order valence-corrected chi connectivity index (χ1v) is 15.3. The zero-order valence-electron chi connectivity index (χ0n) is 5.40. The summed E-state index contributed by atoms with van der Waals surface area (Å²) in [5.74, 6) is 0. The Labute approximate surface area is 74.9 Å². The van der Waals surface area contributed by atoms with E-state index in [1.165, 1.54) is 0 Å². The fourth-order valence-corrected chi connectivity index (χ4v) is 0.204. The van der Waals surface area contributed by atoms with Gasteiger partial charge in [0.05, 0.1) is 0 Å². The number of hydrogen-bond acceptors (Lipinski definition) is 1. The summed E-state index contributed by atoms with van der Waals surface area (Å²) in [4.78, 5) is 0. The molecule has 0 aromatic rings. The van der Waals surface area contributed by atoms with E-state index in [-0.39, 0.29) is 0 Å². The second-order valence-corrected chi connectivity index (χ2v) is 15.9. The SMILES string of the molecule is CCOCC.[Cl][Bi]([Cl])[Cl]. The molecule has 0 unspecified atom stereocenters.